The molecule has 1 unspecified atom stereocenters. The predicted molar refractivity (Wildman–Crippen MR) is 126 cm³/mol. The van der Waals surface area contributed by atoms with Crippen LogP contribution in [-0.4, -0.2) is 24.3 Å². The molecule has 1 N–H and O–H groups in total. The van der Waals surface area contributed by atoms with Gasteiger partial charge in [-0.2, -0.15) is 4.31 Å². The van der Waals surface area contributed by atoms with Gasteiger partial charge in [-0.1, -0.05) is 78.3 Å². The van der Waals surface area contributed by atoms with Gasteiger partial charge in [-0.3, -0.25) is 0 Å². The fourth-order valence-electron chi connectivity index (χ4n) is 4.58. The molecule has 0 bridgehead atoms. The van der Waals surface area contributed by atoms with E-state index in [1.54, 1.807) is 16.4 Å². The van der Waals surface area contributed by atoms with Crippen LogP contribution in [-0.2, 0) is 15.8 Å². The van der Waals surface area contributed by atoms with Crippen LogP contribution in [0, 0.1) is 0 Å². The first-order chi connectivity index (χ1) is 15.0. The molecule has 4 nitrogen and oxygen atoms in total. The van der Waals surface area contributed by atoms with Crippen molar-refractivity contribution in [2.24, 2.45) is 0 Å². The standard InChI is InChI=1S/C25H23ClN2O2S/c26-21-13-6-4-11-19(21)17-31(29,30)28-16-8-15-23(28)25-24(18-9-2-1-3-10-18)20-12-5-7-14-22(20)27-25/h1-7,9-14,23,27H,8,15-17H2. The lowest BCUT2D eigenvalue weighted by Crippen LogP contribution is -2.32. The summed E-state index contributed by atoms with van der Waals surface area (Å²) in [5, 5.41) is 1.59. The van der Waals surface area contributed by atoms with E-state index >= 15 is 0 Å². The van der Waals surface area contributed by atoms with E-state index in [4.69, 9.17) is 11.6 Å². The summed E-state index contributed by atoms with van der Waals surface area (Å²) in [6.07, 6.45) is 1.62. The third kappa shape index (κ3) is 3.78. The number of benzene rings is 3. The number of aromatic amines is 1. The number of sulfonamides is 1. The Morgan fingerprint density at radius 3 is 2.45 bits per heavy atom. The van der Waals surface area contributed by atoms with Crippen molar-refractivity contribution in [3.05, 3.63) is 95.1 Å². The second-order valence-corrected chi connectivity index (χ2v) is 10.3. The van der Waals surface area contributed by atoms with Gasteiger partial charge in [0.2, 0.25) is 10.0 Å². The highest BCUT2D eigenvalue weighted by atomic mass is 35.5. The number of aromatic nitrogens is 1. The molecular weight excluding hydrogens is 428 g/mol. The number of nitrogens with zero attached hydrogens (tertiary/aromatic N) is 1. The summed E-state index contributed by atoms with van der Waals surface area (Å²) in [6.45, 7) is 0.515. The van der Waals surface area contributed by atoms with E-state index in [1.165, 1.54) is 0 Å². The summed E-state index contributed by atoms with van der Waals surface area (Å²) in [6, 6.07) is 25.3. The molecule has 0 spiro atoms. The summed E-state index contributed by atoms with van der Waals surface area (Å²) in [5.74, 6) is -0.0932. The molecule has 0 amide bonds. The van der Waals surface area contributed by atoms with Gasteiger partial charge in [0.05, 0.1) is 11.8 Å². The Hall–Kier alpha value is -2.60. The zero-order valence-electron chi connectivity index (χ0n) is 17.0. The van der Waals surface area contributed by atoms with Gasteiger partial charge < -0.3 is 4.98 Å². The number of rotatable bonds is 5. The highest BCUT2D eigenvalue weighted by molar-refractivity contribution is 7.88. The first-order valence-electron chi connectivity index (χ1n) is 10.4. The van der Waals surface area contributed by atoms with Crippen molar-refractivity contribution in [2.75, 3.05) is 6.54 Å². The maximum atomic E-state index is 13.5. The van der Waals surface area contributed by atoms with E-state index in [-0.39, 0.29) is 11.8 Å². The summed E-state index contributed by atoms with van der Waals surface area (Å²) in [5.41, 5.74) is 4.79. The summed E-state index contributed by atoms with van der Waals surface area (Å²) in [4.78, 5) is 3.55. The molecule has 1 saturated heterocycles. The van der Waals surface area contributed by atoms with Crippen LogP contribution in [0.2, 0.25) is 5.02 Å². The molecule has 6 heteroatoms. The molecule has 3 aromatic carbocycles. The Labute approximate surface area is 187 Å². The number of hydrogen-bond donors (Lipinski definition) is 1. The molecule has 2 heterocycles. The largest absolute Gasteiger partial charge is 0.357 e. The van der Waals surface area contributed by atoms with Gasteiger partial charge >= 0.3 is 0 Å². The smallest absolute Gasteiger partial charge is 0.218 e. The lowest BCUT2D eigenvalue weighted by Gasteiger charge is -2.25. The van der Waals surface area contributed by atoms with Gasteiger partial charge in [0, 0.05) is 33.7 Å². The molecular formula is C25H23ClN2O2S. The highest BCUT2D eigenvalue weighted by Gasteiger charge is 2.38. The average molecular weight is 451 g/mol. The van der Waals surface area contributed by atoms with Crippen LogP contribution < -0.4 is 0 Å². The maximum Gasteiger partial charge on any atom is 0.218 e. The van der Waals surface area contributed by atoms with Gasteiger partial charge in [0.25, 0.3) is 0 Å². The molecule has 0 saturated carbocycles. The van der Waals surface area contributed by atoms with Crippen molar-refractivity contribution in [3.63, 3.8) is 0 Å². The number of hydrogen-bond acceptors (Lipinski definition) is 2. The van der Waals surface area contributed by atoms with Crippen LogP contribution in [0.15, 0.2) is 78.9 Å². The molecule has 1 aromatic heterocycles. The number of halogens is 1. The zero-order valence-corrected chi connectivity index (χ0v) is 18.5. The van der Waals surface area contributed by atoms with Crippen LogP contribution in [0.3, 0.4) is 0 Å². The van der Waals surface area contributed by atoms with Crippen LogP contribution in [0.5, 0.6) is 0 Å². The molecule has 1 fully saturated rings. The first kappa shape index (κ1) is 20.3. The van der Waals surface area contributed by atoms with E-state index in [0.717, 1.165) is 40.6 Å². The van der Waals surface area contributed by atoms with Crippen molar-refractivity contribution in [2.45, 2.75) is 24.6 Å². The quantitative estimate of drug-likeness (QED) is 0.396. The Bertz CT molecular complexity index is 1330. The van der Waals surface area contributed by atoms with E-state index in [1.807, 2.05) is 48.5 Å². The summed E-state index contributed by atoms with van der Waals surface area (Å²) in [7, 11) is -3.54. The monoisotopic (exact) mass is 450 g/mol. The molecule has 1 aliphatic rings. The molecule has 0 aliphatic carbocycles. The van der Waals surface area contributed by atoms with Gasteiger partial charge in [0.15, 0.2) is 0 Å². The normalized spacial score (nSPS) is 17.4. The molecule has 158 valence electrons. The van der Waals surface area contributed by atoms with Gasteiger partial charge in [0.1, 0.15) is 0 Å². The number of nitrogens with one attached hydrogen (secondary N) is 1. The van der Waals surface area contributed by atoms with Gasteiger partial charge in [-0.25, -0.2) is 8.42 Å². The van der Waals surface area contributed by atoms with Crippen LogP contribution in [0.25, 0.3) is 22.0 Å². The van der Waals surface area contributed by atoms with Crippen molar-refractivity contribution >= 4 is 32.5 Å². The summed E-state index contributed by atoms with van der Waals surface area (Å²) >= 11 is 6.26. The maximum absolute atomic E-state index is 13.5. The van der Waals surface area contributed by atoms with Crippen molar-refractivity contribution in [3.8, 4) is 11.1 Å². The fraction of sp³-hybridized carbons (Fsp3) is 0.200. The third-order valence-electron chi connectivity index (χ3n) is 5.99. The highest BCUT2D eigenvalue weighted by Crippen LogP contribution is 2.43. The number of fused-ring (bicyclic) bond motifs is 1. The topological polar surface area (TPSA) is 53.2 Å². The fourth-order valence-corrected chi connectivity index (χ4v) is 6.68. The first-order valence-corrected chi connectivity index (χ1v) is 12.4. The van der Waals surface area contributed by atoms with E-state index in [0.29, 0.717) is 17.1 Å². The van der Waals surface area contributed by atoms with Crippen molar-refractivity contribution in [1.82, 2.24) is 9.29 Å². The molecule has 4 aromatic rings. The van der Waals surface area contributed by atoms with Gasteiger partial charge in [-0.05, 0) is 36.1 Å². The SMILES string of the molecule is O=S(=O)(Cc1ccccc1Cl)N1CCCC1c1[nH]c2ccccc2c1-c1ccccc1. The predicted octanol–water partition coefficient (Wildman–Crippen LogP) is 6.16. The molecule has 5 rings (SSSR count). The molecule has 31 heavy (non-hydrogen) atoms. The third-order valence-corrected chi connectivity index (χ3v) is 8.18. The minimum atomic E-state index is -3.54. The van der Waals surface area contributed by atoms with Crippen LogP contribution in [0.4, 0.5) is 0 Å². The second-order valence-electron chi connectivity index (χ2n) is 7.94. The lowest BCUT2D eigenvalue weighted by molar-refractivity contribution is 0.392. The second kappa shape index (κ2) is 8.15. The van der Waals surface area contributed by atoms with E-state index < -0.39 is 10.0 Å². The molecule has 1 aliphatic heterocycles. The molecule has 0 radical (unpaired) electrons. The zero-order chi connectivity index (χ0) is 21.4. The number of para-hydroxylation sites is 1. The summed E-state index contributed by atoms with van der Waals surface area (Å²) < 4.78 is 28.6. The lowest BCUT2D eigenvalue weighted by atomic mass is 9.98. The Balaban J connectivity index is 1.59. The van der Waals surface area contributed by atoms with Gasteiger partial charge in [-0.15, -0.1) is 0 Å². The Kier molecular flexibility index (Phi) is 5.34. The van der Waals surface area contributed by atoms with Crippen LogP contribution >= 0.6 is 11.6 Å². The number of H-pyrrole nitrogens is 1. The van der Waals surface area contributed by atoms with E-state index in [9.17, 15) is 8.42 Å². The Morgan fingerprint density at radius 2 is 1.65 bits per heavy atom. The van der Waals surface area contributed by atoms with Crippen molar-refractivity contribution < 1.29 is 8.42 Å². The minimum absolute atomic E-state index is 0.0932. The molecule has 1 atom stereocenters. The van der Waals surface area contributed by atoms with Crippen molar-refractivity contribution in [1.29, 1.82) is 0 Å². The Morgan fingerprint density at radius 1 is 0.935 bits per heavy atom. The average Bonchev–Trinajstić information content (AvgIpc) is 3.41. The van der Waals surface area contributed by atoms with Crippen LogP contribution in [0.1, 0.15) is 30.1 Å². The van der Waals surface area contributed by atoms with E-state index in [2.05, 4.69) is 23.2 Å². The minimum Gasteiger partial charge on any atom is -0.357 e.